The summed E-state index contributed by atoms with van der Waals surface area (Å²) in [6.45, 7) is 5.24. The highest BCUT2D eigenvalue weighted by molar-refractivity contribution is 5.90. The van der Waals surface area contributed by atoms with Crippen LogP contribution < -0.4 is 4.74 Å². The summed E-state index contributed by atoms with van der Waals surface area (Å²) in [5, 5.41) is 9.38. The van der Waals surface area contributed by atoms with Gasteiger partial charge >= 0.3 is 17.7 Å². The van der Waals surface area contributed by atoms with Gasteiger partial charge in [0.05, 0.1) is 7.11 Å². The number of carbonyl (C=O) groups is 3. The Labute approximate surface area is 210 Å². The van der Waals surface area contributed by atoms with Crippen LogP contribution in [-0.2, 0) is 31.9 Å². The van der Waals surface area contributed by atoms with E-state index in [1.807, 2.05) is 0 Å². The van der Waals surface area contributed by atoms with Crippen molar-refractivity contribution in [2.24, 2.45) is 0 Å². The fraction of sp³-hybridized carbons (Fsp3) is 0.423. The number of amides is 2. The maximum Gasteiger partial charge on any atom is 0.426 e. The Morgan fingerprint density at radius 2 is 1.75 bits per heavy atom. The lowest BCUT2D eigenvalue weighted by atomic mass is 10.00. The Kier molecular flexibility index (Phi) is 7.83. The molecule has 36 heavy (non-hydrogen) atoms. The minimum Gasteiger partial charge on any atom is -0.467 e. The first-order chi connectivity index (χ1) is 16.9. The Bertz CT molecular complexity index is 1180. The first-order valence-corrected chi connectivity index (χ1v) is 11.5. The predicted octanol–water partition coefficient (Wildman–Crippen LogP) is 4.30. The highest BCUT2D eigenvalue weighted by atomic mass is 16.6. The quantitative estimate of drug-likeness (QED) is 0.451. The van der Waals surface area contributed by atoms with Gasteiger partial charge < -0.3 is 19.1 Å². The van der Waals surface area contributed by atoms with Crippen molar-refractivity contribution < 1.29 is 28.6 Å². The average Bonchev–Trinajstić information content (AvgIpc) is 2.83. The van der Waals surface area contributed by atoms with E-state index in [0.29, 0.717) is 17.1 Å². The molecule has 0 N–H and O–H groups in total. The maximum absolute atomic E-state index is 13.8. The van der Waals surface area contributed by atoms with Gasteiger partial charge in [0.25, 0.3) is 0 Å². The number of diazo groups is 1. The largest absolute Gasteiger partial charge is 0.467 e. The van der Waals surface area contributed by atoms with E-state index in [4.69, 9.17) is 14.2 Å². The number of ether oxygens (including phenoxy) is 3. The second-order valence-electron chi connectivity index (χ2n) is 9.65. The lowest BCUT2D eigenvalue weighted by molar-refractivity contribution is -0.153. The molecule has 2 aromatic carbocycles. The van der Waals surface area contributed by atoms with Gasteiger partial charge in [-0.05, 0) is 50.1 Å². The number of nitrogens with zero attached hydrogens (tertiary/aromatic N) is 4. The van der Waals surface area contributed by atoms with Crippen LogP contribution >= 0.6 is 0 Å². The van der Waals surface area contributed by atoms with Gasteiger partial charge in [-0.3, -0.25) is 9.69 Å². The molecule has 0 unspecified atom stereocenters. The monoisotopic (exact) mass is 495 g/mol. The molecule has 2 amide bonds. The molecule has 0 radical (unpaired) electrons. The third-order valence-electron chi connectivity index (χ3n) is 5.86. The smallest absolute Gasteiger partial charge is 0.426 e. The first-order valence-electron chi connectivity index (χ1n) is 11.5. The molecule has 2 atom stereocenters. The number of likely N-dealkylation sites (N-methyl/N-ethyl adjacent to an activating group) is 2. The fourth-order valence-electron chi connectivity index (χ4n) is 3.87. The van der Waals surface area contributed by atoms with Crippen molar-refractivity contribution in [2.45, 2.75) is 51.3 Å². The van der Waals surface area contributed by atoms with Crippen LogP contribution in [0.15, 0.2) is 42.5 Å². The molecule has 0 aliphatic carbocycles. The van der Waals surface area contributed by atoms with Gasteiger partial charge in [-0.1, -0.05) is 18.2 Å². The second-order valence-corrected chi connectivity index (χ2v) is 9.65. The van der Waals surface area contributed by atoms with Gasteiger partial charge in [0.1, 0.15) is 23.4 Å². The summed E-state index contributed by atoms with van der Waals surface area (Å²) < 4.78 is 16.4. The van der Waals surface area contributed by atoms with Crippen LogP contribution in [0.25, 0.3) is 4.98 Å². The van der Waals surface area contributed by atoms with Gasteiger partial charge in [0.2, 0.25) is 17.0 Å². The van der Waals surface area contributed by atoms with Crippen LogP contribution in [0.5, 0.6) is 11.5 Å². The molecule has 0 fully saturated rings. The zero-order chi connectivity index (χ0) is 26.6. The topological polar surface area (TPSA) is 114 Å². The summed E-state index contributed by atoms with van der Waals surface area (Å²) in [5.74, 6) is -0.278. The van der Waals surface area contributed by atoms with E-state index < -0.39 is 35.7 Å². The van der Waals surface area contributed by atoms with Crippen LogP contribution in [0.3, 0.4) is 0 Å². The molecule has 4 rings (SSSR count). The van der Waals surface area contributed by atoms with Crippen LogP contribution in [0.2, 0.25) is 0 Å². The number of carbonyl (C=O) groups excluding carboxylic acids is 3. The molecule has 2 aromatic rings. The third kappa shape index (κ3) is 6.10. The van der Waals surface area contributed by atoms with Crippen molar-refractivity contribution in [3.8, 4) is 11.5 Å². The van der Waals surface area contributed by atoms with Crippen molar-refractivity contribution in [3.05, 3.63) is 58.6 Å². The number of rotatable bonds is 2. The van der Waals surface area contributed by atoms with Gasteiger partial charge in [-0.2, -0.15) is 0 Å². The first kappa shape index (κ1) is 26.5. The molecule has 2 aliphatic rings. The van der Waals surface area contributed by atoms with Gasteiger partial charge in [0, 0.05) is 33.0 Å². The number of fused-ring (bicyclic) bond motifs is 7. The van der Waals surface area contributed by atoms with E-state index in [0.717, 1.165) is 5.56 Å². The van der Waals surface area contributed by atoms with Crippen molar-refractivity contribution in [1.82, 2.24) is 9.80 Å². The highest BCUT2D eigenvalue weighted by Gasteiger charge is 2.37. The molecule has 10 heteroatoms. The fourth-order valence-corrected chi connectivity index (χ4v) is 3.87. The van der Waals surface area contributed by atoms with Crippen LogP contribution in [0.1, 0.15) is 31.9 Å². The summed E-state index contributed by atoms with van der Waals surface area (Å²) in [6, 6.07) is 9.96. The lowest BCUT2D eigenvalue weighted by Crippen LogP contribution is -2.55. The van der Waals surface area contributed by atoms with E-state index >= 15 is 0 Å². The van der Waals surface area contributed by atoms with Crippen LogP contribution in [-0.4, -0.2) is 66.7 Å². The Balaban J connectivity index is 2.10. The number of hydrogen-bond acceptors (Lipinski definition) is 7. The Morgan fingerprint density at radius 1 is 1.11 bits per heavy atom. The molecule has 190 valence electrons. The lowest BCUT2D eigenvalue weighted by Gasteiger charge is -2.35. The minimum atomic E-state index is -0.981. The molecule has 2 heterocycles. The van der Waals surface area contributed by atoms with Crippen LogP contribution in [0, 0.1) is 5.39 Å². The molecule has 2 aliphatic heterocycles. The number of esters is 1. The second kappa shape index (κ2) is 10.6. The van der Waals surface area contributed by atoms with Crippen molar-refractivity contribution >= 4 is 23.7 Å². The van der Waals surface area contributed by atoms with E-state index in [2.05, 4.69) is 4.98 Å². The number of methoxy groups -OCH3 is 1. The number of benzene rings is 2. The summed E-state index contributed by atoms with van der Waals surface area (Å²) in [7, 11) is 4.25. The van der Waals surface area contributed by atoms with Crippen LogP contribution in [0.4, 0.5) is 10.5 Å². The van der Waals surface area contributed by atoms with E-state index in [9.17, 15) is 19.8 Å². The molecule has 0 saturated heterocycles. The third-order valence-corrected chi connectivity index (χ3v) is 5.86. The Hall–Kier alpha value is -4.13. The SMILES string of the molecule is COC(=O)[C@H]1Cc2ccc([N+]#N)c(c2)Oc2ccc(cc2)C[C@H](N(C)C(=O)OC(C)(C)C)C(=O)N1C. The molecule has 4 bridgehead atoms. The molecule has 0 aromatic heterocycles. The van der Waals surface area contributed by atoms with Gasteiger partial charge in [-0.15, -0.1) is 0 Å². The zero-order valence-electron chi connectivity index (χ0n) is 21.3. The molecular formula is C26H31N4O6+. The van der Waals surface area contributed by atoms with Crippen molar-refractivity contribution in [3.63, 3.8) is 0 Å². The molecule has 10 nitrogen and oxygen atoms in total. The summed E-state index contributed by atoms with van der Waals surface area (Å²) in [6.07, 6.45) is -0.370. The van der Waals surface area contributed by atoms with E-state index in [1.54, 1.807) is 63.2 Å². The summed E-state index contributed by atoms with van der Waals surface area (Å²) in [4.78, 5) is 45.3. The summed E-state index contributed by atoms with van der Waals surface area (Å²) in [5.41, 5.74) is 0.878. The highest BCUT2D eigenvalue weighted by Crippen LogP contribution is 2.34. The van der Waals surface area contributed by atoms with Gasteiger partial charge in [-0.25, -0.2) is 9.59 Å². The predicted molar refractivity (Wildman–Crippen MR) is 131 cm³/mol. The average molecular weight is 496 g/mol. The zero-order valence-corrected chi connectivity index (χ0v) is 21.3. The van der Waals surface area contributed by atoms with E-state index in [-0.39, 0.29) is 18.5 Å². The number of hydrogen-bond donors (Lipinski definition) is 0. The van der Waals surface area contributed by atoms with Crippen molar-refractivity contribution in [1.29, 1.82) is 5.39 Å². The Morgan fingerprint density at radius 3 is 2.33 bits per heavy atom. The molecule has 0 spiro atoms. The van der Waals surface area contributed by atoms with Gasteiger partial charge in [0.15, 0.2) is 4.98 Å². The normalized spacial score (nSPS) is 17.9. The van der Waals surface area contributed by atoms with E-state index in [1.165, 1.54) is 31.0 Å². The van der Waals surface area contributed by atoms with Crippen molar-refractivity contribution in [2.75, 3.05) is 21.2 Å². The standard InChI is InChI=1S/C26H31N4O6/c1-26(2,3)36-25(33)30(5)20-13-16-7-10-18(11-8-16)35-22-15-17(9-12-19(22)28-27)14-21(24(32)34-6)29(4)23(20)31/h7-12,15,20-21H,13-14H2,1-6H3/q+1/t20-,21+/m0/s1. The molecule has 0 saturated carbocycles. The summed E-state index contributed by atoms with van der Waals surface area (Å²) >= 11 is 0. The minimum absolute atomic E-state index is 0.109. The maximum atomic E-state index is 13.8. The molecular weight excluding hydrogens is 464 g/mol.